The Labute approximate surface area is 291 Å². The largest absolute Gasteiger partial charge is 0.481 e. The standard InChI is InChI=1S/C35H51N7O8/c1-7-20(6)30-35(50)41-27(15-29(44)45)31(46)37-17-28(43)38-26(14-21-16-36-23-11-9-8-10-22(21)23)33(48)39-24(12-18(2)3)32(47)40-25(13-19(4)5)34(49)42-30/h8-11,16,18-20,24-27,30,36H,7,12-15,17H2,1-6H3,(H,37,46)(H,38,43)(H,39,48)(H,40,47)(H,41,50)(H,42,49)(H,44,45). The monoisotopic (exact) mass is 697 g/mol. The Morgan fingerprint density at radius 2 is 1.30 bits per heavy atom. The second kappa shape index (κ2) is 18.2. The van der Waals surface area contributed by atoms with Crippen molar-refractivity contribution in [3.8, 4) is 0 Å². The van der Waals surface area contributed by atoms with Crippen LogP contribution in [0.1, 0.15) is 72.8 Å². The van der Waals surface area contributed by atoms with Gasteiger partial charge in [0.1, 0.15) is 30.2 Å². The molecule has 15 heteroatoms. The summed E-state index contributed by atoms with van der Waals surface area (Å²) in [5.41, 5.74) is 1.53. The zero-order chi connectivity index (χ0) is 37.1. The van der Waals surface area contributed by atoms with E-state index in [2.05, 4.69) is 36.9 Å². The number of carboxylic acids is 1. The summed E-state index contributed by atoms with van der Waals surface area (Å²) >= 11 is 0. The third kappa shape index (κ3) is 11.3. The van der Waals surface area contributed by atoms with Crippen molar-refractivity contribution in [2.24, 2.45) is 17.8 Å². The molecule has 3 rings (SSSR count). The minimum Gasteiger partial charge on any atom is -0.481 e. The van der Waals surface area contributed by atoms with E-state index in [0.29, 0.717) is 12.0 Å². The van der Waals surface area contributed by atoms with E-state index in [9.17, 15) is 38.7 Å². The lowest BCUT2D eigenvalue weighted by atomic mass is 9.95. The van der Waals surface area contributed by atoms with Gasteiger partial charge in [0.2, 0.25) is 35.4 Å². The molecule has 1 saturated heterocycles. The molecule has 0 bridgehead atoms. The second-order valence-corrected chi connectivity index (χ2v) is 13.8. The van der Waals surface area contributed by atoms with Gasteiger partial charge in [0.05, 0.1) is 13.0 Å². The molecule has 6 atom stereocenters. The van der Waals surface area contributed by atoms with Crippen LogP contribution >= 0.6 is 0 Å². The second-order valence-electron chi connectivity index (χ2n) is 13.8. The van der Waals surface area contributed by atoms with Gasteiger partial charge in [-0.2, -0.15) is 0 Å². The number of H-pyrrole nitrogens is 1. The van der Waals surface area contributed by atoms with Crippen LogP contribution < -0.4 is 31.9 Å². The van der Waals surface area contributed by atoms with Crippen molar-refractivity contribution in [3.05, 3.63) is 36.0 Å². The van der Waals surface area contributed by atoms with Crippen LogP contribution in [0.4, 0.5) is 0 Å². The number of hydrogen-bond acceptors (Lipinski definition) is 7. The fourth-order valence-electron chi connectivity index (χ4n) is 5.82. The molecule has 0 aliphatic carbocycles. The molecule has 1 fully saturated rings. The average molecular weight is 698 g/mol. The summed E-state index contributed by atoms with van der Waals surface area (Å²) in [4.78, 5) is 96.2. The first-order valence-corrected chi connectivity index (χ1v) is 17.1. The smallest absolute Gasteiger partial charge is 0.305 e. The molecule has 0 saturated carbocycles. The first-order chi connectivity index (χ1) is 23.6. The molecule has 1 aliphatic rings. The van der Waals surface area contributed by atoms with E-state index >= 15 is 0 Å². The van der Waals surface area contributed by atoms with Gasteiger partial charge in [-0.05, 0) is 42.2 Å². The predicted octanol–water partition coefficient (Wildman–Crippen LogP) is 0.877. The van der Waals surface area contributed by atoms with Gasteiger partial charge in [0, 0.05) is 23.5 Å². The Morgan fingerprint density at radius 1 is 0.740 bits per heavy atom. The maximum Gasteiger partial charge on any atom is 0.305 e. The molecule has 1 aliphatic heterocycles. The average Bonchev–Trinajstić information content (AvgIpc) is 3.45. The highest BCUT2D eigenvalue weighted by molar-refractivity contribution is 5.98. The van der Waals surface area contributed by atoms with Crippen LogP contribution in [-0.2, 0) is 40.0 Å². The number of aromatic amines is 1. The van der Waals surface area contributed by atoms with Crippen molar-refractivity contribution in [1.82, 2.24) is 36.9 Å². The molecule has 0 radical (unpaired) electrons. The third-order valence-electron chi connectivity index (χ3n) is 8.66. The number of aromatic nitrogens is 1. The Morgan fingerprint density at radius 3 is 1.88 bits per heavy atom. The molecule has 2 heterocycles. The number of hydrogen-bond donors (Lipinski definition) is 8. The highest BCUT2D eigenvalue weighted by atomic mass is 16.4. The Balaban J connectivity index is 2.05. The van der Waals surface area contributed by atoms with E-state index in [1.807, 2.05) is 52.0 Å². The molecule has 6 amide bonds. The van der Waals surface area contributed by atoms with Crippen LogP contribution in [0.5, 0.6) is 0 Å². The summed E-state index contributed by atoms with van der Waals surface area (Å²) in [6.45, 7) is 10.4. The summed E-state index contributed by atoms with van der Waals surface area (Å²) in [6.07, 6.45) is 1.82. The topological polar surface area (TPSA) is 228 Å². The van der Waals surface area contributed by atoms with Gasteiger partial charge < -0.3 is 42.0 Å². The number of benzene rings is 1. The van der Waals surface area contributed by atoms with Crippen molar-refractivity contribution in [1.29, 1.82) is 0 Å². The van der Waals surface area contributed by atoms with Crippen molar-refractivity contribution in [2.45, 2.75) is 104 Å². The van der Waals surface area contributed by atoms with Gasteiger partial charge in [0.15, 0.2) is 0 Å². The highest BCUT2D eigenvalue weighted by Crippen LogP contribution is 2.20. The van der Waals surface area contributed by atoms with Crippen molar-refractivity contribution < 1.29 is 38.7 Å². The zero-order valence-corrected chi connectivity index (χ0v) is 29.6. The number of nitrogens with one attached hydrogen (secondary N) is 7. The van der Waals surface area contributed by atoms with Crippen LogP contribution in [-0.4, -0.2) is 88.3 Å². The van der Waals surface area contributed by atoms with Gasteiger partial charge in [-0.3, -0.25) is 33.6 Å². The Kier molecular flexibility index (Phi) is 14.3. The number of carbonyl (C=O) groups excluding carboxylic acids is 6. The fraction of sp³-hybridized carbons (Fsp3) is 0.571. The van der Waals surface area contributed by atoms with E-state index in [1.54, 1.807) is 20.0 Å². The number of amides is 6. The summed E-state index contributed by atoms with van der Waals surface area (Å²) in [7, 11) is 0. The number of rotatable bonds is 10. The fourth-order valence-corrected chi connectivity index (χ4v) is 5.82. The van der Waals surface area contributed by atoms with Gasteiger partial charge in [0.25, 0.3) is 0 Å². The van der Waals surface area contributed by atoms with Crippen molar-refractivity contribution in [2.75, 3.05) is 6.54 Å². The molecule has 1 aromatic heterocycles. The number of carboxylic acid groups (broad SMARTS) is 1. The van der Waals surface area contributed by atoms with Gasteiger partial charge in [-0.25, -0.2) is 0 Å². The number of fused-ring (bicyclic) bond motifs is 1. The van der Waals surface area contributed by atoms with Crippen LogP contribution in [0.3, 0.4) is 0 Å². The molecular weight excluding hydrogens is 646 g/mol. The molecular formula is C35H51N7O8. The van der Waals surface area contributed by atoms with Crippen LogP contribution in [0.2, 0.25) is 0 Å². The minimum atomic E-state index is -1.58. The van der Waals surface area contributed by atoms with E-state index < -0.39 is 90.5 Å². The SMILES string of the molecule is CCC(C)C1NC(=O)C(CC(C)C)NC(=O)C(CC(C)C)NC(=O)C(Cc2c[nH]c3ccccc23)NC(=O)CNC(=O)C(CC(=O)O)NC1=O. The normalized spacial score (nSPS) is 24.0. The Bertz CT molecular complexity index is 1550. The maximum atomic E-state index is 13.9. The molecule has 6 unspecified atom stereocenters. The summed E-state index contributed by atoms with van der Waals surface area (Å²) in [5, 5.41) is 26.0. The number of para-hydroxylation sites is 1. The minimum absolute atomic E-state index is 0.0264. The number of carbonyl (C=O) groups is 7. The first-order valence-electron chi connectivity index (χ1n) is 17.1. The van der Waals surface area contributed by atoms with Crippen molar-refractivity contribution >= 4 is 52.3 Å². The van der Waals surface area contributed by atoms with E-state index in [1.165, 1.54) is 0 Å². The lowest BCUT2D eigenvalue weighted by Crippen LogP contribution is -2.61. The molecule has 15 nitrogen and oxygen atoms in total. The molecule has 50 heavy (non-hydrogen) atoms. The van der Waals surface area contributed by atoms with Gasteiger partial charge in [-0.15, -0.1) is 0 Å². The zero-order valence-electron chi connectivity index (χ0n) is 29.6. The molecule has 1 aromatic carbocycles. The maximum absolute atomic E-state index is 13.9. The lowest BCUT2D eigenvalue weighted by molar-refractivity contribution is -0.141. The van der Waals surface area contributed by atoms with E-state index in [4.69, 9.17) is 0 Å². The number of aliphatic carboxylic acids is 1. The third-order valence-corrected chi connectivity index (χ3v) is 8.66. The van der Waals surface area contributed by atoms with Crippen LogP contribution in [0, 0.1) is 17.8 Å². The molecule has 8 N–H and O–H groups in total. The van der Waals surface area contributed by atoms with Gasteiger partial charge >= 0.3 is 5.97 Å². The molecule has 0 spiro atoms. The van der Waals surface area contributed by atoms with Crippen LogP contribution in [0.25, 0.3) is 10.9 Å². The molecule has 2 aromatic rings. The predicted molar refractivity (Wildman–Crippen MR) is 185 cm³/mol. The van der Waals surface area contributed by atoms with Crippen molar-refractivity contribution in [3.63, 3.8) is 0 Å². The quantitative estimate of drug-likeness (QED) is 0.177. The Hall–Kier alpha value is -4.95. The lowest BCUT2D eigenvalue weighted by Gasteiger charge is -2.30. The summed E-state index contributed by atoms with van der Waals surface area (Å²) in [6, 6.07) is 1.29. The van der Waals surface area contributed by atoms with Gasteiger partial charge in [-0.1, -0.05) is 66.2 Å². The van der Waals surface area contributed by atoms with E-state index in [0.717, 1.165) is 10.9 Å². The summed E-state index contributed by atoms with van der Waals surface area (Å²) < 4.78 is 0. The van der Waals surface area contributed by atoms with Crippen LogP contribution in [0.15, 0.2) is 30.5 Å². The highest BCUT2D eigenvalue weighted by Gasteiger charge is 2.35. The summed E-state index contributed by atoms with van der Waals surface area (Å²) in [5.74, 6) is -6.33. The molecule has 274 valence electrons. The van der Waals surface area contributed by atoms with E-state index in [-0.39, 0.29) is 31.1 Å². The first kappa shape index (κ1) is 39.5.